The number of benzene rings is 2. The highest BCUT2D eigenvalue weighted by molar-refractivity contribution is 5.38. The molecule has 1 heteroatoms. The van der Waals surface area contributed by atoms with Gasteiger partial charge in [0.1, 0.15) is 5.75 Å². The molecule has 1 aliphatic rings. The molecule has 1 aliphatic carbocycles. The van der Waals surface area contributed by atoms with Gasteiger partial charge in [0.25, 0.3) is 0 Å². The average molecular weight is 415 g/mol. The summed E-state index contributed by atoms with van der Waals surface area (Å²) in [4.78, 5) is 0. The Bertz CT molecular complexity index is 840. The van der Waals surface area contributed by atoms with E-state index in [4.69, 9.17) is 4.74 Å². The minimum absolute atomic E-state index is 0.665. The SMILES string of the molecule is CCCCCc1ccc(C#C/C=C/[C@H]2CC[C@H](c3ccc(OCCC)cc3)CC2)cc1. The molecule has 0 bridgehead atoms. The van der Waals surface area contributed by atoms with Gasteiger partial charge >= 0.3 is 0 Å². The molecule has 2 aromatic rings. The summed E-state index contributed by atoms with van der Waals surface area (Å²) in [5, 5.41) is 0. The molecule has 0 amide bonds. The number of ether oxygens (including phenoxy) is 1. The largest absolute Gasteiger partial charge is 0.494 e. The first-order valence-electron chi connectivity index (χ1n) is 12.3. The Balaban J connectivity index is 1.42. The van der Waals surface area contributed by atoms with Gasteiger partial charge < -0.3 is 4.74 Å². The Labute approximate surface area is 189 Å². The Morgan fingerprint density at radius 2 is 1.61 bits per heavy atom. The van der Waals surface area contributed by atoms with Gasteiger partial charge in [-0.2, -0.15) is 0 Å². The van der Waals surface area contributed by atoms with Crippen LogP contribution >= 0.6 is 0 Å². The third-order valence-corrected chi connectivity index (χ3v) is 6.29. The molecule has 1 saturated carbocycles. The summed E-state index contributed by atoms with van der Waals surface area (Å²) < 4.78 is 5.70. The van der Waals surface area contributed by atoms with Crippen LogP contribution in [0, 0.1) is 17.8 Å². The minimum atomic E-state index is 0.665. The number of hydrogen-bond acceptors (Lipinski definition) is 1. The van der Waals surface area contributed by atoms with Crippen molar-refractivity contribution in [2.24, 2.45) is 5.92 Å². The highest BCUT2D eigenvalue weighted by Gasteiger charge is 2.20. The van der Waals surface area contributed by atoms with Gasteiger partial charge in [0.05, 0.1) is 6.61 Å². The summed E-state index contributed by atoms with van der Waals surface area (Å²) in [5.74, 6) is 8.87. The smallest absolute Gasteiger partial charge is 0.119 e. The summed E-state index contributed by atoms with van der Waals surface area (Å²) in [6.07, 6.45) is 15.5. The minimum Gasteiger partial charge on any atom is -0.494 e. The predicted molar refractivity (Wildman–Crippen MR) is 133 cm³/mol. The fraction of sp³-hybridized carbons (Fsp3) is 0.467. The van der Waals surface area contributed by atoms with Gasteiger partial charge in [0.15, 0.2) is 0 Å². The van der Waals surface area contributed by atoms with E-state index in [0.29, 0.717) is 11.8 Å². The fourth-order valence-corrected chi connectivity index (χ4v) is 4.34. The second kappa shape index (κ2) is 13.1. The summed E-state index contributed by atoms with van der Waals surface area (Å²) in [5.41, 5.74) is 4.00. The summed E-state index contributed by atoms with van der Waals surface area (Å²) in [6, 6.07) is 17.5. The van der Waals surface area contributed by atoms with Crippen LogP contribution in [0.5, 0.6) is 5.75 Å². The topological polar surface area (TPSA) is 9.23 Å². The highest BCUT2D eigenvalue weighted by Crippen LogP contribution is 2.36. The normalized spacial score (nSPS) is 18.5. The number of allylic oxidation sites excluding steroid dienone is 2. The van der Waals surface area contributed by atoms with E-state index in [-0.39, 0.29) is 0 Å². The van der Waals surface area contributed by atoms with E-state index in [1.807, 2.05) is 0 Å². The lowest BCUT2D eigenvalue weighted by atomic mass is 9.78. The number of hydrogen-bond donors (Lipinski definition) is 0. The van der Waals surface area contributed by atoms with Gasteiger partial charge in [0, 0.05) is 5.56 Å². The molecule has 0 aliphatic heterocycles. The van der Waals surface area contributed by atoms with E-state index >= 15 is 0 Å². The second-order valence-electron chi connectivity index (χ2n) is 8.81. The van der Waals surface area contributed by atoms with Crippen molar-refractivity contribution in [2.75, 3.05) is 6.61 Å². The van der Waals surface area contributed by atoms with E-state index in [2.05, 4.69) is 86.4 Å². The first-order chi connectivity index (χ1) is 15.3. The molecule has 0 aromatic heterocycles. The van der Waals surface area contributed by atoms with Crippen molar-refractivity contribution in [1.82, 2.24) is 0 Å². The van der Waals surface area contributed by atoms with Crippen LogP contribution < -0.4 is 4.74 Å². The molecule has 31 heavy (non-hydrogen) atoms. The molecule has 0 saturated heterocycles. The first-order valence-corrected chi connectivity index (χ1v) is 12.3. The van der Waals surface area contributed by atoms with Crippen molar-refractivity contribution in [3.63, 3.8) is 0 Å². The van der Waals surface area contributed by atoms with Gasteiger partial charge in [-0.25, -0.2) is 0 Å². The number of rotatable bonds is 9. The molecule has 1 fully saturated rings. The van der Waals surface area contributed by atoms with Gasteiger partial charge in [-0.3, -0.25) is 0 Å². The molecule has 1 nitrogen and oxygen atoms in total. The van der Waals surface area contributed by atoms with Crippen LogP contribution in [0.2, 0.25) is 0 Å². The molecule has 0 unspecified atom stereocenters. The van der Waals surface area contributed by atoms with Crippen molar-refractivity contribution in [1.29, 1.82) is 0 Å². The zero-order chi connectivity index (χ0) is 21.7. The Hall–Kier alpha value is -2.46. The third-order valence-electron chi connectivity index (χ3n) is 6.29. The summed E-state index contributed by atoms with van der Waals surface area (Å²) in [6.45, 7) is 5.18. The molecular weight excluding hydrogens is 376 g/mol. The second-order valence-corrected chi connectivity index (χ2v) is 8.81. The molecule has 3 rings (SSSR count). The zero-order valence-corrected chi connectivity index (χ0v) is 19.4. The van der Waals surface area contributed by atoms with Crippen LogP contribution in [0.25, 0.3) is 0 Å². The standard InChI is InChI=1S/C30H38O/c1-3-5-6-9-25-12-14-26(15-13-25)10-7-8-11-27-16-18-28(19-17-27)29-20-22-30(23-21-29)31-24-4-2/h8,11-15,20-23,27-28H,3-6,9,16-19,24H2,1-2H3/b11-8+/t27-,28-. The van der Waals surface area contributed by atoms with Crippen LogP contribution in [-0.2, 0) is 6.42 Å². The van der Waals surface area contributed by atoms with E-state index in [0.717, 1.165) is 24.3 Å². The lowest BCUT2D eigenvalue weighted by Crippen LogP contribution is -2.11. The van der Waals surface area contributed by atoms with Gasteiger partial charge in [0.2, 0.25) is 0 Å². The van der Waals surface area contributed by atoms with Crippen molar-refractivity contribution in [3.8, 4) is 17.6 Å². The lowest BCUT2D eigenvalue weighted by Gasteiger charge is -2.27. The van der Waals surface area contributed by atoms with Gasteiger partial charge in [-0.05, 0) is 98.2 Å². The molecule has 0 N–H and O–H groups in total. The molecular formula is C30H38O. The van der Waals surface area contributed by atoms with Crippen molar-refractivity contribution >= 4 is 0 Å². The Morgan fingerprint density at radius 3 is 2.29 bits per heavy atom. The van der Waals surface area contributed by atoms with Gasteiger partial charge in [-0.1, -0.05) is 68.9 Å². The Kier molecular flexibility index (Phi) is 9.78. The van der Waals surface area contributed by atoms with E-state index in [1.54, 1.807) is 0 Å². The monoisotopic (exact) mass is 414 g/mol. The zero-order valence-electron chi connectivity index (χ0n) is 19.4. The lowest BCUT2D eigenvalue weighted by molar-refractivity contribution is 0.317. The molecule has 0 spiro atoms. The summed E-state index contributed by atoms with van der Waals surface area (Å²) in [7, 11) is 0. The van der Waals surface area contributed by atoms with E-state index in [9.17, 15) is 0 Å². The molecule has 2 aromatic carbocycles. The summed E-state index contributed by atoms with van der Waals surface area (Å²) >= 11 is 0. The van der Waals surface area contributed by atoms with Crippen LogP contribution in [0.3, 0.4) is 0 Å². The third kappa shape index (κ3) is 7.95. The highest BCUT2D eigenvalue weighted by atomic mass is 16.5. The van der Waals surface area contributed by atoms with Crippen molar-refractivity contribution in [3.05, 3.63) is 77.4 Å². The van der Waals surface area contributed by atoms with E-state index in [1.165, 1.54) is 62.5 Å². The first kappa shape index (κ1) is 23.2. The Morgan fingerprint density at radius 1 is 0.871 bits per heavy atom. The maximum atomic E-state index is 5.70. The van der Waals surface area contributed by atoms with Crippen LogP contribution in [0.4, 0.5) is 0 Å². The quantitative estimate of drug-likeness (QED) is 0.297. The van der Waals surface area contributed by atoms with Crippen LogP contribution in [-0.4, -0.2) is 6.61 Å². The van der Waals surface area contributed by atoms with Crippen molar-refractivity contribution < 1.29 is 4.74 Å². The maximum absolute atomic E-state index is 5.70. The van der Waals surface area contributed by atoms with E-state index < -0.39 is 0 Å². The van der Waals surface area contributed by atoms with Gasteiger partial charge in [-0.15, -0.1) is 0 Å². The van der Waals surface area contributed by atoms with Crippen LogP contribution in [0.1, 0.15) is 87.8 Å². The maximum Gasteiger partial charge on any atom is 0.119 e. The number of aryl methyl sites for hydroxylation is 1. The number of unbranched alkanes of at least 4 members (excludes halogenated alkanes) is 2. The fourth-order valence-electron chi connectivity index (χ4n) is 4.34. The van der Waals surface area contributed by atoms with Crippen molar-refractivity contribution in [2.45, 2.75) is 77.6 Å². The van der Waals surface area contributed by atoms with Crippen LogP contribution in [0.15, 0.2) is 60.7 Å². The average Bonchev–Trinajstić information content (AvgIpc) is 2.82. The molecule has 0 heterocycles. The molecule has 0 radical (unpaired) electrons. The predicted octanol–water partition coefficient (Wildman–Crippen LogP) is 8.09. The molecule has 164 valence electrons. The molecule has 0 atom stereocenters.